The number of piperidine rings is 1. The number of likely N-dealkylation sites (tertiary alicyclic amines) is 1. The molecule has 0 radical (unpaired) electrons. The average molecular weight is 555 g/mol. The van der Waals surface area contributed by atoms with Gasteiger partial charge in [0.05, 0.1) is 6.04 Å². The maximum atomic E-state index is 14.0. The van der Waals surface area contributed by atoms with Crippen LogP contribution in [0.15, 0.2) is 55.1 Å². The van der Waals surface area contributed by atoms with Crippen molar-refractivity contribution >= 4 is 18.0 Å². The van der Waals surface area contributed by atoms with Crippen LogP contribution in [0, 0.1) is 18.8 Å². The first-order valence-corrected chi connectivity index (χ1v) is 15.1. The first-order chi connectivity index (χ1) is 19.7. The third-order valence-electron chi connectivity index (χ3n) is 9.73. The molecule has 6 nitrogen and oxygen atoms in total. The highest BCUT2D eigenvalue weighted by atomic mass is 16.5. The van der Waals surface area contributed by atoms with Crippen molar-refractivity contribution in [2.24, 2.45) is 11.8 Å². The summed E-state index contributed by atoms with van der Waals surface area (Å²) in [5.41, 5.74) is 4.34. The number of aryl methyl sites for hydroxylation is 1. The molecule has 4 aliphatic rings. The van der Waals surface area contributed by atoms with Crippen molar-refractivity contribution in [3.8, 4) is 11.5 Å². The van der Waals surface area contributed by atoms with Gasteiger partial charge < -0.3 is 14.4 Å². The summed E-state index contributed by atoms with van der Waals surface area (Å²) in [7, 11) is 0. The summed E-state index contributed by atoms with van der Waals surface area (Å²) in [6, 6.07) is 12.4. The zero-order chi connectivity index (χ0) is 28.9. The van der Waals surface area contributed by atoms with Crippen molar-refractivity contribution in [1.29, 1.82) is 0 Å². The lowest BCUT2D eigenvalue weighted by Gasteiger charge is -2.60. The van der Waals surface area contributed by atoms with Crippen LogP contribution in [0.25, 0.3) is 6.08 Å². The van der Waals surface area contributed by atoms with E-state index in [1.165, 1.54) is 18.1 Å². The number of hydrogen-bond donors (Lipinski definition) is 0. The van der Waals surface area contributed by atoms with Crippen LogP contribution in [0.1, 0.15) is 62.3 Å². The highest BCUT2D eigenvalue weighted by molar-refractivity contribution is 5.92. The van der Waals surface area contributed by atoms with Gasteiger partial charge in [0, 0.05) is 48.7 Å². The van der Waals surface area contributed by atoms with Crippen LogP contribution in [-0.2, 0) is 21.4 Å². The fourth-order valence-corrected chi connectivity index (χ4v) is 8.38. The molecule has 5 atom stereocenters. The molecule has 2 heterocycles. The summed E-state index contributed by atoms with van der Waals surface area (Å²) in [6.07, 6.45) is 9.26. The van der Waals surface area contributed by atoms with E-state index in [4.69, 9.17) is 9.47 Å². The minimum absolute atomic E-state index is 0.0366. The van der Waals surface area contributed by atoms with Gasteiger partial charge in [-0.3, -0.25) is 14.5 Å². The highest BCUT2D eigenvalue weighted by Gasteiger charge is 2.66. The van der Waals surface area contributed by atoms with Crippen molar-refractivity contribution in [1.82, 2.24) is 9.80 Å². The molecule has 6 rings (SSSR count). The van der Waals surface area contributed by atoms with E-state index in [9.17, 15) is 9.59 Å². The SMILES string of the molecule is C=CCN1CC[C@@]23c4c5ccc(OC(C)=O)c4C[C@@H]1[C@@H]2CC[C@@H](N(CC(C)C)C(=O)C=Cc1cccc(C)c1)[C@@H]3O5. The smallest absolute Gasteiger partial charge is 0.308 e. The molecule has 2 aromatic rings. The molecule has 2 aromatic carbocycles. The molecule has 1 saturated carbocycles. The van der Waals surface area contributed by atoms with E-state index in [0.29, 0.717) is 30.2 Å². The zero-order valence-corrected chi connectivity index (χ0v) is 24.8. The van der Waals surface area contributed by atoms with Gasteiger partial charge in [0.15, 0.2) is 0 Å². The summed E-state index contributed by atoms with van der Waals surface area (Å²) in [4.78, 5) is 30.7. The third-order valence-corrected chi connectivity index (χ3v) is 9.73. The number of benzene rings is 2. The quantitative estimate of drug-likeness (QED) is 0.181. The van der Waals surface area contributed by atoms with Crippen molar-refractivity contribution in [2.75, 3.05) is 19.6 Å². The van der Waals surface area contributed by atoms with Crippen molar-refractivity contribution in [2.45, 2.75) is 77.0 Å². The predicted octanol–water partition coefficient (Wildman–Crippen LogP) is 5.71. The lowest BCUT2D eigenvalue weighted by molar-refractivity contribution is -0.138. The molecule has 0 unspecified atom stereocenters. The number of amides is 1. The summed E-state index contributed by atoms with van der Waals surface area (Å²) >= 11 is 0. The Balaban J connectivity index is 1.41. The highest BCUT2D eigenvalue weighted by Crippen LogP contribution is 2.63. The van der Waals surface area contributed by atoms with Gasteiger partial charge in [-0.25, -0.2) is 0 Å². The van der Waals surface area contributed by atoms with Gasteiger partial charge >= 0.3 is 5.97 Å². The molecular formula is C35H42N2O4. The van der Waals surface area contributed by atoms with E-state index in [-0.39, 0.29) is 29.4 Å². The van der Waals surface area contributed by atoms with Crippen molar-refractivity contribution in [3.05, 3.63) is 77.4 Å². The molecular weight excluding hydrogens is 512 g/mol. The summed E-state index contributed by atoms with van der Waals surface area (Å²) in [6.45, 7) is 14.4. The molecule has 0 N–H and O–H groups in total. The molecule has 2 aliphatic carbocycles. The Morgan fingerprint density at radius 1 is 1.24 bits per heavy atom. The minimum Gasteiger partial charge on any atom is -0.487 e. The van der Waals surface area contributed by atoms with E-state index >= 15 is 0 Å². The lowest BCUT2D eigenvalue weighted by atomic mass is 9.50. The maximum absolute atomic E-state index is 14.0. The third kappa shape index (κ3) is 4.70. The number of carbonyl (C=O) groups is 2. The average Bonchev–Trinajstić information content (AvgIpc) is 3.26. The standard InChI is InChI=1S/C35H42N2O4/c1-6-17-36-18-16-35-27-11-12-28(37(21-22(2)3)32(39)15-10-25-9-7-8-23(4)19-25)34(35)41-31-14-13-30(40-24(5)38)26(33(31)35)20-29(27)36/h6-10,13-15,19,22,27-29,34H,1,11-12,16-18,20-21H2,2-5H3/t27-,28+,29+,34-,35-/m0/s1. The van der Waals surface area contributed by atoms with Gasteiger partial charge in [-0.1, -0.05) is 49.8 Å². The van der Waals surface area contributed by atoms with Crippen LogP contribution >= 0.6 is 0 Å². The molecule has 41 heavy (non-hydrogen) atoms. The Kier molecular flexibility index (Phi) is 7.31. The number of esters is 1. The second-order valence-electron chi connectivity index (χ2n) is 12.8. The molecule has 2 bridgehead atoms. The Labute approximate surface area is 244 Å². The Hall–Kier alpha value is -3.38. The lowest BCUT2D eigenvalue weighted by Crippen LogP contribution is -2.69. The van der Waals surface area contributed by atoms with E-state index in [1.807, 2.05) is 36.4 Å². The van der Waals surface area contributed by atoms with E-state index in [1.54, 1.807) is 6.08 Å². The number of rotatable bonds is 8. The minimum atomic E-state index is -0.306. The normalized spacial score (nSPS) is 27.8. The van der Waals surface area contributed by atoms with Gasteiger partial charge in [0.1, 0.15) is 17.6 Å². The van der Waals surface area contributed by atoms with Crippen LogP contribution in [0.2, 0.25) is 0 Å². The number of carbonyl (C=O) groups excluding carboxylic acids is 2. The van der Waals surface area contributed by atoms with Gasteiger partial charge in [-0.05, 0) is 74.8 Å². The van der Waals surface area contributed by atoms with Crippen LogP contribution in [0.4, 0.5) is 0 Å². The van der Waals surface area contributed by atoms with Crippen LogP contribution in [0.3, 0.4) is 0 Å². The first kappa shape index (κ1) is 27.8. The van der Waals surface area contributed by atoms with Gasteiger partial charge in [-0.15, -0.1) is 6.58 Å². The fourth-order valence-electron chi connectivity index (χ4n) is 8.38. The summed E-state index contributed by atoms with van der Waals surface area (Å²) in [5.74, 6) is 2.03. The van der Waals surface area contributed by atoms with Gasteiger partial charge in [0.25, 0.3) is 0 Å². The molecule has 6 heteroatoms. The number of hydrogen-bond acceptors (Lipinski definition) is 5. The summed E-state index contributed by atoms with van der Waals surface area (Å²) in [5, 5.41) is 0. The molecule has 2 aliphatic heterocycles. The number of ether oxygens (including phenoxy) is 2. The molecule has 1 spiro atoms. The van der Waals surface area contributed by atoms with Crippen molar-refractivity contribution < 1.29 is 19.1 Å². The van der Waals surface area contributed by atoms with E-state index < -0.39 is 0 Å². The molecule has 1 amide bonds. The Morgan fingerprint density at radius 2 is 2.07 bits per heavy atom. The van der Waals surface area contributed by atoms with Crippen LogP contribution in [0.5, 0.6) is 11.5 Å². The molecule has 2 fully saturated rings. The second-order valence-corrected chi connectivity index (χ2v) is 12.8. The topological polar surface area (TPSA) is 59.1 Å². The van der Waals surface area contributed by atoms with Crippen LogP contribution in [-0.4, -0.2) is 59.5 Å². The second kappa shape index (κ2) is 10.8. The monoisotopic (exact) mass is 554 g/mol. The fraction of sp³-hybridized carbons (Fsp3) is 0.486. The van der Waals surface area contributed by atoms with Crippen LogP contribution < -0.4 is 9.47 Å². The Bertz CT molecular complexity index is 1400. The van der Waals surface area contributed by atoms with Crippen molar-refractivity contribution in [3.63, 3.8) is 0 Å². The van der Waals surface area contributed by atoms with E-state index in [0.717, 1.165) is 55.6 Å². The first-order valence-electron chi connectivity index (χ1n) is 15.1. The predicted molar refractivity (Wildman–Crippen MR) is 161 cm³/mol. The van der Waals surface area contributed by atoms with E-state index in [2.05, 4.69) is 49.3 Å². The number of nitrogens with zero attached hydrogens (tertiary/aromatic N) is 2. The zero-order valence-electron chi connectivity index (χ0n) is 24.8. The Morgan fingerprint density at radius 3 is 2.80 bits per heavy atom. The molecule has 1 saturated heterocycles. The maximum Gasteiger partial charge on any atom is 0.308 e. The van der Waals surface area contributed by atoms with Gasteiger partial charge in [0.2, 0.25) is 5.91 Å². The largest absolute Gasteiger partial charge is 0.487 e. The van der Waals surface area contributed by atoms with Gasteiger partial charge in [-0.2, -0.15) is 0 Å². The molecule has 0 aromatic heterocycles. The molecule has 216 valence electrons. The summed E-state index contributed by atoms with van der Waals surface area (Å²) < 4.78 is 12.7.